The third-order valence-electron chi connectivity index (χ3n) is 3.68. The number of carbonyl (C=O) groups excluding carboxylic acids is 1. The van der Waals surface area contributed by atoms with E-state index in [1.165, 1.54) is 12.1 Å². The quantitative estimate of drug-likeness (QED) is 0.670. The summed E-state index contributed by atoms with van der Waals surface area (Å²) in [4.78, 5) is 16.6. The molecule has 3 nitrogen and oxygen atoms in total. The summed E-state index contributed by atoms with van der Waals surface area (Å²) in [5.74, 6) is 0.292. The number of benzene rings is 2. The van der Waals surface area contributed by atoms with Gasteiger partial charge in [-0.1, -0.05) is 36.4 Å². The van der Waals surface area contributed by atoms with Gasteiger partial charge < -0.3 is 4.57 Å². The van der Waals surface area contributed by atoms with Crippen LogP contribution in [0.2, 0.25) is 0 Å². The molecule has 0 atom stereocenters. The number of ketones is 1. The highest BCUT2D eigenvalue weighted by molar-refractivity contribution is 6.09. The summed E-state index contributed by atoms with van der Waals surface area (Å²) in [5.41, 5.74) is 0.322. The minimum absolute atomic E-state index is 0.00886. The van der Waals surface area contributed by atoms with E-state index in [4.69, 9.17) is 0 Å². The average molecular weight is 330 g/mol. The molecule has 3 rings (SSSR count). The second-order valence-electron chi connectivity index (χ2n) is 5.35. The molecule has 0 fully saturated rings. The van der Waals surface area contributed by atoms with Gasteiger partial charge in [0, 0.05) is 36.1 Å². The van der Waals surface area contributed by atoms with Crippen molar-refractivity contribution in [3.05, 3.63) is 77.6 Å². The van der Waals surface area contributed by atoms with Crippen molar-refractivity contribution in [3.63, 3.8) is 0 Å². The predicted octanol–water partition coefficient (Wildman–Crippen LogP) is 4.34. The molecule has 0 saturated heterocycles. The lowest BCUT2D eigenvalue weighted by Gasteiger charge is -2.08. The number of imidazole rings is 1. The van der Waals surface area contributed by atoms with E-state index < -0.39 is 17.5 Å². The van der Waals surface area contributed by atoms with Gasteiger partial charge in [-0.3, -0.25) is 4.79 Å². The molecule has 6 heteroatoms. The normalized spacial score (nSPS) is 11.5. The molecule has 2 aromatic carbocycles. The lowest BCUT2D eigenvalue weighted by Crippen LogP contribution is -2.08. The van der Waals surface area contributed by atoms with E-state index >= 15 is 0 Å². The average Bonchev–Trinajstić information content (AvgIpc) is 3.00. The second kappa shape index (κ2) is 5.96. The topological polar surface area (TPSA) is 34.9 Å². The Kier molecular flexibility index (Phi) is 3.97. The Morgan fingerprint density at radius 2 is 1.75 bits per heavy atom. The Bertz CT molecular complexity index is 880. The van der Waals surface area contributed by atoms with E-state index in [1.54, 1.807) is 36.7 Å². The highest BCUT2D eigenvalue weighted by atomic mass is 19.4. The predicted molar refractivity (Wildman–Crippen MR) is 83.5 cm³/mol. The van der Waals surface area contributed by atoms with E-state index in [0.29, 0.717) is 5.56 Å². The van der Waals surface area contributed by atoms with Gasteiger partial charge in [0.15, 0.2) is 5.78 Å². The van der Waals surface area contributed by atoms with Crippen LogP contribution in [0.15, 0.2) is 60.9 Å². The van der Waals surface area contributed by atoms with Crippen LogP contribution in [-0.2, 0) is 13.2 Å². The number of nitrogens with zero attached hydrogens (tertiary/aromatic N) is 2. The van der Waals surface area contributed by atoms with E-state index in [0.717, 1.165) is 23.5 Å². The number of rotatable bonds is 3. The Labute approximate surface area is 136 Å². The highest BCUT2D eigenvalue weighted by Gasteiger charge is 2.30. The maximum Gasteiger partial charge on any atom is 0.416 e. The van der Waals surface area contributed by atoms with E-state index in [-0.39, 0.29) is 5.56 Å². The van der Waals surface area contributed by atoms with Crippen molar-refractivity contribution in [1.29, 1.82) is 0 Å². The first-order chi connectivity index (χ1) is 11.4. The molecule has 122 valence electrons. The van der Waals surface area contributed by atoms with Crippen molar-refractivity contribution in [2.45, 2.75) is 6.18 Å². The zero-order valence-corrected chi connectivity index (χ0v) is 12.7. The fraction of sp³-hybridized carbons (Fsp3) is 0.111. The summed E-state index contributed by atoms with van der Waals surface area (Å²) in [7, 11) is 1.85. The summed E-state index contributed by atoms with van der Waals surface area (Å²) in [6, 6.07) is 11.1. The van der Waals surface area contributed by atoms with Crippen molar-refractivity contribution in [3.8, 4) is 11.4 Å². The number of hydrogen-bond acceptors (Lipinski definition) is 2. The summed E-state index contributed by atoms with van der Waals surface area (Å²) >= 11 is 0. The van der Waals surface area contributed by atoms with Gasteiger partial charge in [-0.25, -0.2) is 4.98 Å². The zero-order valence-electron chi connectivity index (χ0n) is 12.7. The first-order valence-electron chi connectivity index (χ1n) is 7.16. The minimum atomic E-state index is -4.47. The van der Waals surface area contributed by atoms with Gasteiger partial charge in [-0.15, -0.1) is 0 Å². The van der Waals surface area contributed by atoms with Crippen LogP contribution in [0.25, 0.3) is 11.4 Å². The second-order valence-corrected chi connectivity index (χ2v) is 5.35. The lowest BCUT2D eigenvalue weighted by molar-refractivity contribution is -0.137. The van der Waals surface area contributed by atoms with E-state index in [9.17, 15) is 18.0 Å². The van der Waals surface area contributed by atoms with Gasteiger partial charge in [0.1, 0.15) is 5.82 Å². The molecule has 0 radical (unpaired) electrons. The van der Waals surface area contributed by atoms with Crippen molar-refractivity contribution in [1.82, 2.24) is 9.55 Å². The zero-order chi connectivity index (χ0) is 17.3. The molecule has 0 amide bonds. The van der Waals surface area contributed by atoms with E-state index in [1.807, 2.05) is 11.6 Å². The first-order valence-corrected chi connectivity index (χ1v) is 7.16. The monoisotopic (exact) mass is 330 g/mol. The third kappa shape index (κ3) is 3.08. The Hall–Kier alpha value is -2.89. The molecule has 1 aromatic heterocycles. The first kappa shape index (κ1) is 16.0. The molecule has 1 heterocycles. The summed E-state index contributed by atoms with van der Waals surface area (Å²) in [6.45, 7) is 0. The summed E-state index contributed by atoms with van der Waals surface area (Å²) < 4.78 is 40.1. The van der Waals surface area contributed by atoms with Crippen LogP contribution in [0.5, 0.6) is 0 Å². The Morgan fingerprint density at radius 1 is 1.04 bits per heavy atom. The maximum atomic E-state index is 12.8. The van der Waals surface area contributed by atoms with Crippen LogP contribution in [0, 0.1) is 0 Å². The number of aryl methyl sites for hydroxylation is 1. The molecule has 0 spiro atoms. The smallest absolute Gasteiger partial charge is 0.334 e. The number of aromatic nitrogens is 2. The lowest BCUT2D eigenvalue weighted by atomic mass is 10.00. The molecule has 0 N–H and O–H groups in total. The van der Waals surface area contributed by atoms with Gasteiger partial charge in [-0.05, 0) is 12.1 Å². The molecule has 0 aliphatic rings. The molecule has 0 aliphatic carbocycles. The third-order valence-corrected chi connectivity index (χ3v) is 3.68. The Morgan fingerprint density at radius 3 is 2.33 bits per heavy atom. The number of halogens is 3. The van der Waals surface area contributed by atoms with Crippen molar-refractivity contribution in [2.75, 3.05) is 0 Å². The van der Waals surface area contributed by atoms with Crippen molar-refractivity contribution in [2.24, 2.45) is 7.05 Å². The maximum absolute atomic E-state index is 12.8. The molecular formula is C18H13F3N2O. The fourth-order valence-electron chi connectivity index (χ4n) is 2.42. The fourth-order valence-corrected chi connectivity index (χ4v) is 2.42. The molecule has 0 unspecified atom stereocenters. The van der Waals surface area contributed by atoms with Gasteiger partial charge in [-0.2, -0.15) is 13.2 Å². The van der Waals surface area contributed by atoms with Crippen LogP contribution in [0.1, 0.15) is 21.5 Å². The van der Waals surface area contributed by atoms with Crippen LogP contribution < -0.4 is 0 Å². The molecule has 0 aliphatic heterocycles. The number of carbonyl (C=O) groups is 1. The summed E-state index contributed by atoms with van der Waals surface area (Å²) in [6.07, 6.45) is -1.01. The van der Waals surface area contributed by atoms with Crippen molar-refractivity contribution < 1.29 is 18.0 Å². The Balaban J connectivity index is 1.90. The van der Waals surface area contributed by atoms with Gasteiger partial charge >= 0.3 is 6.18 Å². The van der Waals surface area contributed by atoms with Crippen molar-refractivity contribution >= 4 is 5.78 Å². The van der Waals surface area contributed by atoms with Gasteiger partial charge in [0.05, 0.1) is 5.56 Å². The van der Waals surface area contributed by atoms with Crippen LogP contribution >= 0.6 is 0 Å². The molecular weight excluding hydrogens is 317 g/mol. The highest BCUT2D eigenvalue weighted by Crippen LogP contribution is 2.30. The molecule has 0 bridgehead atoms. The number of hydrogen-bond donors (Lipinski definition) is 0. The number of alkyl halides is 3. The molecule has 0 saturated carbocycles. The largest absolute Gasteiger partial charge is 0.416 e. The van der Waals surface area contributed by atoms with Gasteiger partial charge in [0.2, 0.25) is 0 Å². The van der Waals surface area contributed by atoms with Crippen LogP contribution in [0.3, 0.4) is 0 Å². The minimum Gasteiger partial charge on any atom is -0.334 e. The van der Waals surface area contributed by atoms with E-state index in [2.05, 4.69) is 4.98 Å². The standard InChI is InChI=1S/C18H13F3N2O/c1-23-10-9-22-17(23)13-7-5-12(6-8-13)16(24)14-3-2-4-15(11-14)18(19,20)21/h2-11H,1H3. The SMILES string of the molecule is Cn1ccnc1-c1ccc(C(=O)c2cccc(C(F)(F)F)c2)cc1. The molecule has 3 aromatic rings. The van der Waals surface area contributed by atoms with Crippen LogP contribution in [-0.4, -0.2) is 15.3 Å². The van der Waals surface area contributed by atoms with Gasteiger partial charge in [0.25, 0.3) is 0 Å². The van der Waals surface area contributed by atoms with Crippen LogP contribution in [0.4, 0.5) is 13.2 Å². The molecule has 24 heavy (non-hydrogen) atoms. The summed E-state index contributed by atoms with van der Waals surface area (Å²) in [5, 5.41) is 0.